The van der Waals surface area contributed by atoms with Gasteiger partial charge in [0.1, 0.15) is 11.5 Å². The number of nitrogens with zero attached hydrogens (tertiary/aromatic N) is 1. The molecule has 0 N–H and O–H groups in total. The average molecular weight is 406 g/mol. The lowest BCUT2D eigenvalue weighted by atomic mass is 9.75. The highest BCUT2D eigenvalue weighted by Gasteiger charge is 2.53. The van der Waals surface area contributed by atoms with E-state index in [1.54, 1.807) is 0 Å². The van der Waals surface area contributed by atoms with Gasteiger partial charge in [0, 0.05) is 16.5 Å². The maximum absolute atomic E-state index is 6.28. The van der Waals surface area contributed by atoms with Crippen LogP contribution in [-0.4, -0.2) is 23.5 Å². The van der Waals surface area contributed by atoms with E-state index in [1.807, 2.05) is 24.3 Å². The molecule has 0 amide bonds. The summed E-state index contributed by atoms with van der Waals surface area (Å²) in [6, 6.07) is 8.06. The molecule has 1 aliphatic heterocycles. The predicted molar refractivity (Wildman–Crippen MR) is 104 cm³/mol. The molecule has 25 heavy (non-hydrogen) atoms. The van der Waals surface area contributed by atoms with Crippen molar-refractivity contribution in [3.8, 4) is 11.3 Å². The molecular weight excluding hydrogens is 381 g/mol. The molecule has 0 unspecified atom stereocenters. The fraction of sp³-hybridized carbons (Fsp3) is 0.526. The molecule has 2 aromatic rings. The summed E-state index contributed by atoms with van der Waals surface area (Å²) in [6.45, 7) is 10.4. The first-order chi connectivity index (χ1) is 11.7. The molecule has 1 fully saturated rings. The zero-order valence-electron chi connectivity index (χ0n) is 15.6. The second-order valence-corrected chi connectivity index (χ2v) is 8.48. The normalized spacial score (nSPS) is 18.7. The zero-order valence-corrected chi connectivity index (χ0v) is 17.1. The zero-order chi connectivity index (χ0) is 18.2. The smallest absolute Gasteiger partial charge is 0.399 e. The third kappa shape index (κ3) is 3.57. The molecule has 0 bridgehead atoms. The first-order valence-corrected chi connectivity index (χ1v) is 9.64. The number of hydrogen-bond acceptors (Lipinski definition) is 4. The van der Waals surface area contributed by atoms with E-state index in [2.05, 4.69) is 55.7 Å². The molecule has 1 aliphatic rings. The summed E-state index contributed by atoms with van der Waals surface area (Å²) in [5.41, 5.74) is 1.94. The lowest BCUT2D eigenvalue weighted by Crippen LogP contribution is -2.41. The quantitative estimate of drug-likeness (QED) is 0.673. The second-order valence-electron chi connectivity index (χ2n) is 7.57. The molecule has 0 radical (unpaired) electrons. The lowest BCUT2D eigenvalue weighted by molar-refractivity contribution is 0.00578. The molecule has 1 saturated heterocycles. The van der Waals surface area contributed by atoms with E-state index < -0.39 is 18.3 Å². The van der Waals surface area contributed by atoms with E-state index in [0.29, 0.717) is 0 Å². The van der Waals surface area contributed by atoms with Gasteiger partial charge in [0.25, 0.3) is 0 Å². The van der Waals surface area contributed by atoms with Gasteiger partial charge in [-0.2, -0.15) is 0 Å². The van der Waals surface area contributed by atoms with Crippen molar-refractivity contribution in [3.05, 3.63) is 34.5 Å². The average Bonchev–Trinajstić information content (AvgIpc) is 3.04. The van der Waals surface area contributed by atoms with Gasteiger partial charge in [-0.25, -0.2) is 0 Å². The molecule has 0 atom stereocenters. The van der Waals surface area contributed by atoms with Crippen LogP contribution in [0.3, 0.4) is 0 Å². The molecule has 1 aromatic heterocycles. The molecule has 1 aromatic carbocycles. The van der Waals surface area contributed by atoms with Gasteiger partial charge in [-0.15, -0.1) is 0 Å². The Morgan fingerprint density at radius 1 is 1.04 bits per heavy atom. The van der Waals surface area contributed by atoms with E-state index >= 15 is 0 Å². The number of rotatable bonds is 5. The molecular formula is C19H25BBrNO3. The van der Waals surface area contributed by atoms with Gasteiger partial charge in [-0.05, 0) is 46.2 Å². The van der Waals surface area contributed by atoms with Crippen molar-refractivity contribution in [2.24, 2.45) is 0 Å². The number of aromatic nitrogens is 1. The number of hydrogen-bond donors (Lipinski definition) is 0. The Kier molecular flexibility index (Phi) is 5.15. The van der Waals surface area contributed by atoms with Crippen LogP contribution in [0.4, 0.5) is 0 Å². The van der Waals surface area contributed by atoms with Crippen LogP contribution in [0.2, 0.25) is 0 Å². The van der Waals surface area contributed by atoms with Crippen LogP contribution in [0.15, 0.2) is 33.3 Å². The van der Waals surface area contributed by atoms with E-state index in [1.165, 1.54) is 0 Å². The first-order valence-electron chi connectivity index (χ1n) is 8.85. The third-order valence-corrected chi connectivity index (χ3v) is 5.70. The number of unbranched alkanes of at least 4 members (excludes halogenated alkanes) is 1. The second kappa shape index (κ2) is 6.90. The molecule has 134 valence electrons. The summed E-state index contributed by atoms with van der Waals surface area (Å²) in [7, 11) is -0.471. The minimum Gasteiger partial charge on any atom is -0.399 e. The third-order valence-electron chi connectivity index (χ3n) is 5.17. The monoisotopic (exact) mass is 405 g/mol. The Hall–Kier alpha value is -1.11. The van der Waals surface area contributed by atoms with Crippen molar-refractivity contribution in [1.29, 1.82) is 0 Å². The molecule has 0 aliphatic carbocycles. The minimum absolute atomic E-state index is 0.395. The van der Waals surface area contributed by atoms with Crippen molar-refractivity contribution >= 4 is 28.5 Å². The Morgan fingerprint density at radius 3 is 2.20 bits per heavy atom. The minimum atomic E-state index is -0.471. The van der Waals surface area contributed by atoms with Gasteiger partial charge < -0.3 is 13.8 Å². The van der Waals surface area contributed by atoms with Crippen molar-refractivity contribution < 1.29 is 13.8 Å². The fourth-order valence-electron chi connectivity index (χ4n) is 2.87. The summed E-state index contributed by atoms with van der Waals surface area (Å²) < 4.78 is 19.3. The summed E-state index contributed by atoms with van der Waals surface area (Å²) in [6.07, 6.45) is 2.97. The maximum atomic E-state index is 6.28. The topological polar surface area (TPSA) is 44.5 Å². The Bertz CT molecular complexity index is 724. The summed E-state index contributed by atoms with van der Waals surface area (Å²) in [5.74, 6) is 0.860. The van der Waals surface area contributed by atoms with Gasteiger partial charge in [-0.3, -0.25) is 0 Å². The molecule has 3 rings (SSSR count). The van der Waals surface area contributed by atoms with Crippen LogP contribution in [0, 0.1) is 0 Å². The predicted octanol–water partition coefficient (Wildman–Crippen LogP) is 4.75. The molecule has 0 saturated carbocycles. The Labute approximate surface area is 158 Å². The lowest BCUT2D eigenvalue weighted by Gasteiger charge is -2.32. The van der Waals surface area contributed by atoms with Crippen LogP contribution in [0.5, 0.6) is 0 Å². The van der Waals surface area contributed by atoms with Crippen LogP contribution < -0.4 is 5.46 Å². The summed E-state index contributed by atoms with van der Waals surface area (Å²) in [5, 5.41) is 4.36. The molecule has 0 spiro atoms. The highest BCUT2D eigenvalue weighted by Crippen LogP contribution is 2.37. The fourth-order valence-corrected chi connectivity index (χ4v) is 3.13. The van der Waals surface area contributed by atoms with Crippen LogP contribution >= 0.6 is 15.9 Å². The standard InChI is InChI=1S/C19H25BBrNO3/c1-6-7-8-15-16(20-24-18(2,3)19(4,5)25-20)17(22-23-15)13-9-11-14(21)12-10-13/h9-12H,6-8H2,1-5H3. The highest BCUT2D eigenvalue weighted by atomic mass is 79.9. The van der Waals surface area contributed by atoms with E-state index in [-0.39, 0.29) is 0 Å². The largest absolute Gasteiger partial charge is 0.500 e. The van der Waals surface area contributed by atoms with Gasteiger partial charge in [0.15, 0.2) is 0 Å². The Morgan fingerprint density at radius 2 is 1.64 bits per heavy atom. The van der Waals surface area contributed by atoms with Crippen LogP contribution in [-0.2, 0) is 15.7 Å². The summed E-state index contributed by atoms with van der Waals surface area (Å²) >= 11 is 3.48. The number of benzene rings is 1. The van der Waals surface area contributed by atoms with Crippen molar-refractivity contribution in [1.82, 2.24) is 5.16 Å². The van der Waals surface area contributed by atoms with E-state index in [9.17, 15) is 0 Å². The highest BCUT2D eigenvalue weighted by molar-refractivity contribution is 9.10. The molecule has 6 heteroatoms. The van der Waals surface area contributed by atoms with Crippen molar-refractivity contribution in [2.45, 2.75) is 65.1 Å². The first kappa shape index (κ1) is 18.7. The SMILES string of the molecule is CCCCc1onc(-c2ccc(Br)cc2)c1B1OC(C)(C)C(C)(C)O1. The number of aryl methyl sites for hydroxylation is 1. The number of halogens is 1. The van der Waals surface area contributed by atoms with Crippen molar-refractivity contribution in [2.75, 3.05) is 0 Å². The van der Waals surface area contributed by atoms with Gasteiger partial charge >= 0.3 is 7.12 Å². The summed E-state index contributed by atoms with van der Waals surface area (Å²) in [4.78, 5) is 0. The van der Waals surface area contributed by atoms with E-state index in [0.717, 1.165) is 46.2 Å². The van der Waals surface area contributed by atoms with Gasteiger partial charge in [0.2, 0.25) is 0 Å². The van der Waals surface area contributed by atoms with E-state index in [4.69, 9.17) is 13.8 Å². The maximum Gasteiger partial charge on any atom is 0.500 e. The molecule has 2 heterocycles. The van der Waals surface area contributed by atoms with Gasteiger partial charge in [-0.1, -0.05) is 46.6 Å². The van der Waals surface area contributed by atoms with Crippen LogP contribution in [0.1, 0.15) is 53.2 Å². The Balaban J connectivity index is 2.03. The molecule has 4 nitrogen and oxygen atoms in total. The van der Waals surface area contributed by atoms with Gasteiger partial charge in [0.05, 0.1) is 16.7 Å². The van der Waals surface area contributed by atoms with Crippen molar-refractivity contribution in [3.63, 3.8) is 0 Å². The van der Waals surface area contributed by atoms with Crippen LogP contribution in [0.25, 0.3) is 11.3 Å².